The second-order valence-electron chi connectivity index (χ2n) is 1.76. The van der Waals surface area contributed by atoms with Crippen LogP contribution in [0.2, 0.25) is 0 Å². The van der Waals surface area contributed by atoms with Crippen LogP contribution in [0, 0.1) is 12.3 Å². The molecule has 0 aromatic rings. The molecular formula is C8H12O2. The predicted octanol–water partition coefficient (Wildman–Crippen LogP) is 1.18. The van der Waals surface area contributed by atoms with E-state index in [2.05, 4.69) is 17.2 Å². The minimum absolute atomic E-state index is 0.0788. The molecule has 0 radical (unpaired) electrons. The highest BCUT2D eigenvalue weighted by Gasteiger charge is 1.99. The maximum atomic E-state index is 5.10. The highest BCUT2D eigenvalue weighted by atomic mass is 16.7. The second kappa shape index (κ2) is 6.34. The van der Waals surface area contributed by atoms with Gasteiger partial charge in [0.25, 0.3) is 0 Å². The van der Waals surface area contributed by atoms with Gasteiger partial charge >= 0.3 is 0 Å². The van der Waals surface area contributed by atoms with Crippen LogP contribution < -0.4 is 0 Å². The summed E-state index contributed by atoms with van der Waals surface area (Å²) >= 11 is 0. The largest absolute Gasteiger partial charge is 0.359 e. The molecule has 0 amide bonds. The smallest absolute Gasteiger partial charge is 0.147 e. The first-order chi connectivity index (χ1) is 4.85. The topological polar surface area (TPSA) is 18.5 Å². The minimum Gasteiger partial charge on any atom is -0.359 e. The molecule has 0 unspecified atom stereocenters. The summed E-state index contributed by atoms with van der Waals surface area (Å²) in [7, 11) is 1.57. The van der Waals surface area contributed by atoms with Crippen molar-refractivity contribution in [3.63, 3.8) is 0 Å². The summed E-state index contributed by atoms with van der Waals surface area (Å²) < 4.78 is 9.78. The lowest BCUT2D eigenvalue weighted by Crippen LogP contribution is -2.10. The molecule has 0 saturated heterocycles. The monoisotopic (exact) mass is 140 g/mol. The van der Waals surface area contributed by atoms with E-state index in [1.54, 1.807) is 13.2 Å². The van der Waals surface area contributed by atoms with Crippen molar-refractivity contribution in [3.8, 4) is 12.3 Å². The molecule has 1 atom stereocenters. The summed E-state index contributed by atoms with van der Waals surface area (Å²) in [6, 6.07) is 0. The van der Waals surface area contributed by atoms with Gasteiger partial charge in [0.05, 0.1) is 6.10 Å². The average molecular weight is 140 g/mol. The summed E-state index contributed by atoms with van der Waals surface area (Å²) in [4.78, 5) is 0. The zero-order valence-electron chi connectivity index (χ0n) is 6.17. The van der Waals surface area contributed by atoms with Gasteiger partial charge in [0.1, 0.15) is 6.79 Å². The van der Waals surface area contributed by atoms with E-state index in [0.717, 1.165) is 0 Å². The zero-order chi connectivity index (χ0) is 7.82. The van der Waals surface area contributed by atoms with Crippen LogP contribution >= 0.6 is 0 Å². The molecule has 10 heavy (non-hydrogen) atoms. The van der Waals surface area contributed by atoms with E-state index >= 15 is 0 Å². The Hall–Kier alpha value is -0.780. The van der Waals surface area contributed by atoms with Gasteiger partial charge in [-0.15, -0.1) is 18.9 Å². The summed E-state index contributed by atoms with van der Waals surface area (Å²) in [6.07, 6.45) is 7.19. The van der Waals surface area contributed by atoms with Crippen LogP contribution in [-0.2, 0) is 9.47 Å². The molecule has 0 aliphatic rings. The highest BCUT2D eigenvalue weighted by Crippen LogP contribution is 1.97. The number of methoxy groups -OCH3 is 1. The Labute approximate surface area is 61.8 Å². The molecule has 2 nitrogen and oxygen atoms in total. The lowest BCUT2D eigenvalue weighted by atomic mass is 10.3. The third-order valence-electron chi connectivity index (χ3n) is 0.982. The Bertz CT molecular complexity index is 124. The van der Waals surface area contributed by atoms with Gasteiger partial charge in [-0.05, 0) is 0 Å². The number of rotatable bonds is 5. The number of ether oxygens (including phenoxy) is 2. The Balaban J connectivity index is 3.41. The molecule has 0 aromatic carbocycles. The summed E-state index contributed by atoms with van der Waals surface area (Å²) in [5.41, 5.74) is 0. The highest BCUT2D eigenvalue weighted by molar-refractivity contribution is 4.93. The van der Waals surface area contributed by atoms with Gasteiger partial charge in [-0.3, -0.25) is 0 Å². The summed E-state index contributed by atoms with van der Waals surface area (Å²) in [6.45, 7) is 3.82. The number of terminal acetylenes is 1. The lowest BCUT2D eigenvalue weighted by molar-refractivity contribution is -0.0534. The predicted molar refractivity (Wildman–Crippen MR) is 40.4 cm³/mol. The molecule has 0 aliphatic carbocycles. The lowest BCUT2D eigenvalue weighted by Gasteiger charge is -2.08. The van der Waals surface area contributed by atoms with Gasteiger partial charge in [0.15, 0.2) is 0 Å². The standard InChI is InChI=1S/C8H12O2/c1-4-6-8(5-2)10-7-9-3/h1,5,8H,2,6-7H2,3H3/t8-/m0/s1. The molecule has 56 valence electrons. The normalized spacial score (nSPS) is 12.0. The van der Waals surface area contributed by atoms with E-state index in [4.69, 9.17) is 11.2 Å². The Morgan fingerprint density at radius 2 is 2.50 bits per heavy atom. The molecule has 0 aliphatic heterocycles. The Morgan fingerprint density at radius 3 is 2.90 bits per heavy atom. The third-order valence-corrected chi connectivity index (χ3v) is 0.982. The maximum Gasteiger partial charge on any atom is 0.147 e. The van der Waals surface area contributed by atoms with Crippen LogP contribution in [0.5, 0.6) is 0 Å². The van der Waals surface area contributed by atoms with Crippen molar-refractivity contribution in [3.05, 3.63) is 12.7 Å². The maximum absolute atomic E-state index is 5.10. The van der Waals surface area contributed by atoms with Gasteiger partial charge in [-0.25, -0.2) is 0 Å². The van der Waals surface area contributed by atoms with Gasteiger partial charge in [0, 0.05) is 13.5 Å². The van der Waals surface area contributed by atoms with Crippen LogP contribution in [0.25, 0.3) is 0 Å². The third kappa shape index (κ3) is 4.13. The van der Waals surface area contributed by atoms with E-state index in [0.29, 0.717) is 6.42 Å². The summed E-state index contributed by atoms with van der Waals surface area (Å²) in [5, 5.41) is 0. The first kappa shape index (κ1) is 9.22. The van der Waals surface area contributed by atoms with Crippen LogP contribution in [0.15, 0.2) is 12.7 Å². The van der Waals surface area contributed by atoms with E-state index in [1.165, 1.54) is 0 Å². The van der Waals surface area contributed by atoms with Crippen LogP contribution in [0.4, 0.5) is 0 Å². The first-order valence-corrected chi connectivity index (χ1v) is 3.01. The average Bonchev–Trinajstić information content (AvgIpc) is 1.98. The SMILES string of the molecule is C#CC[C@H](C=C)OCOC. The van der Waals surface area contributed by atoms with Crippen molar-refractivity contribution in [1.29, 1.82) is 0 Å². The zero-order valence-corrected chi connectivity index (χ0v) is 6.17. The molecule has 2 heteroatoms. The molecule has 0 rings (SSSR count). The molecular weight excluding hydrogens is 128 g/mol. The van der Waals surface area contributed by atoms with E-state index in [9.17, 15) is 0 Å². The fourth-order valence-corrected chi connectivity index (χ4v) is 0.482. The van der Waals surface area contributed by atoms with Gasteiger partial charge in [0.2, 0.25) is 0 Å². The summed E-state index contributed by atoms with van der Waals surface area (Å²) in [5.74, 6) is 2.48. The van der Waals surface area contributed by atoms with Crippen molar-refractivity contribution < 1.29 is 9.47 Å². The number of hydrogen-bond donors (Lipinski definition) is 0. The quantitative estimate of drug-likeness (QED) is 0.324. The van der Waals surface area contributed by atoms with E-state index in [1.807, 2.05) is 0 Å². The molecule has 0 bridgehead atoms. The first-order valence-electron chi connectivity index (χ1n) is 3.01. The fraction of sp³-hybridized carbons (Fsp3) is 0.500. The molecule has 0 fully saturated rings. The van der Waals surface area contributed by atoms with Crippen LogP contribution in [-0.4, -0.2) is 20.0 Å². The molecule has 0 saturated carbocycles. The van der Waals surface area contributed by atoms with Gasteiger partial charge in [-0.1, -0.05) is 6.08 Å². The fourth-order valence-electron chi connectivity index (χ4n) is 0.482. The Morgan fingerprint density at radius 1 is 1.80 bits per heavy atom. The van der Waals surface area contributed by atoms with E-state index < -0.39 is 0 Å². The van der Waals surface area contributed by atoms with Crippen LogP contribution in [0.1, 0.15) is 6.42 Å². The van der Waals surface area contributed by atoms with Crippen molar-refractivity contribution in [1.82, 2.24) is 0 Å². The van der Waals surface area contributed by atoms with Crippen molar-refractivity contribution in [2.45, 2.75) is 12.5 Å². The molecule has 0 N–H and O–H groups in total. The van der Waals surface area contributed by atoms with E-state index in [-0.39, 0.29) is 12.9 Å². The van der Waals surface area contributed by atoms with Gasteiger partial charge < -0.3 is 9.47 Å². The Kier molecular flexibility index (Phi) is 5.85. The molecule has 0 spiro atoms. The van der Waals surface area contributed by atoms with Crippen molar-refractivity contribution >= 4 is 0 Å². The van der Waals surface area contributed by atoms with Crippen molar-refractivity contribution in [2.75, 3.05) is 13.9 Å². The van der Waals surface area contributed by atoms with Gasteiger partial charge in [-0.2, -0.15) is 0 Å². The second-order valence-corrected chi connectivity index (χ2v) is 1.76. The van der Waals surface area contributed by atoms with Crippen LogP contribution in [0.3, 0.4) is 0 Å². The molecule has 0 heterocycles. The van der Waals surface area contributed by atoms with Crippen molar-refractivity contribution in [2.24, 2.45) is 0 Å². The number of hydrogen-bond acceptors (Lipinski definition) is 2. The minimum atomic E-state index is -0.0788. The molecule has 0 aromatic heterocycles.